The summed E-state index contributed by atoms with van der Waals surface area (Å²) >= 11 is 0. The molecule has 0 fully saturated rings. The van der Waals surface area contributed by atoms with Gasteiger partial charge in [0.15, 0.2) is 0 Å². The molecule has 0 saturated heterocycles. The van der Waals surface area contributed by atoms with Crippen LogP contribution < -0.4 is 10.1 Å². The van der Waals surface area contributed by atoms with Crippen LogP contribution >= 0.6 is 0 Å². The lowest BCUT2D eigenvalue weighted by molar-refractivity contribution is -0.173. The molecule has 3 nitrogen and oxygen atoms in total. The number of alkyl halides is 3. The predicted molar refractivity (Wildman–Crippen MR) is 71.1 cm³/mol. The second kappa shape index (κ2) is 8.81. The summed E-state index contributed by atoms with van der Waals surface area (Å²) in [6.07, 6.45) is -2.82. The van der Waals surface area contributed by atoms with E-state index in [0.717, 1.165) is 24.3 Å². The molecule has 20 heavy (non-hydrogen) atoms. The zero-order valence-corrected chi connectivity index (χ0v) is 11.5. The van der Waals surface area contributed by atoms with Crippen LogP contribution in [0, 0.1) is 0 Å². The van der Waals surface area contributed by atoms with Crippen molar-refractivity contribution < 1.29 is 22.6 Å². The molecule has 6 heteroatoms. The first-order valence-electron chi connectivity index (χ1n) is 6.49. The van der Waals surface area contributed by atoms with E-state index in [0.29, 0.717) is 13.0 Å². The Bertz CT molecular complexity index is 383. The first kappa shape index (κ1) is 16.8. The molecule has 1 aromatic carbocycles. The third kappa shape index (κ3) is 8.01. The molecular weight excluding hydrogens is 271 g/mol. The van der Waals surface area contributed by atoms with E-state index in [1.165, 1.54) is 0 Å². The summed E-state index contributed by atoms with van der Waals surface area (Å²) in [5.74, 6) is 0.822. The molecule has 0 bridgehead atoms. The quantitative estimate of drug-likeness (QED) is 0.710. The summed E-state index contributed by atoms with van der Waals surface area (Å²) in [5, 5.41) is 3.17. The highest BCUT2D eigenvalue weighted by molar-refractivity contribution is 5.28. The number of hydrogen-bond acceptors (Lipinski definition) is 3. The van der Waals surface area contributed by atoms with Crippen LogP contribution in [-0.4, -0.2) is 39.6 Å². The first-order valence-corrected chi connectivity index (χ1v) is 6.49. The normalized spacial score (nSPS) is 11.6. The molecular formula is C14H20F3NO2. The van der Waals surface area contributed by atoms with Gasteiger partial charge in [0.25, 0.3) is 0 Å². The maximum absolute atomic E-state index is 11.8. The lowest BCUT2D eigenvalue weighted by Crippen LogP contribution is -2.22. The molecule has 0 aliphatic rings. The van der Waals surface area contributed by atoms with Crippen LogP contribution in [0.15, 0.2) is 24.3 Å². The van der Waals surface area contributed by atoms with Gasteiger partial charge in [-0.1, -0.05) is 12.1 Å². The minimum absolute atomic E-state index is 0.117. The summed E-state index contributed by atoms with van der Waals surface area (Å²) in [7, 11) is 1.62. The van der Waals surface area contributed by atoms with Gasteiger partial charge in [-0.2, -0.15) is 13.2 Å². The van der Waals surface area contributed by atoms with Crippen molar-refractivity contribution in [3.63, 3.8) is 0 Å². The summed E-state index contributed by atoms with van der Waals surface area (Å²) in [6.45, 7) is 0.358. The van der Waals surface area contributed by atoms with E-state index < -0.39 is 12.8 Å². The van der Waals surface area contributed by atoms with E-state index in [4.69, 9.17) is 4.74 Å². The van der Waals surface area contributed by atoms with Crippen LogP contribution in [0.1, 0.15) is 12.0 Å². The van der Waals surface area contributed by atoms with Gasteiger partial charge in [-0.05, 0) is 43.6 Å². The van der Waals surface area contributed by atoms with E-state index in [-0.39, 0.29) is 6.61 Å². The standard InChI is InChI=1S/C14H20F3NO2/c1-19-13-5-2-4-12(10-13)6-8-18-7-3-9-20-11-14(15,16)17/h2,4-5,10,18H,3,6-9,11H2,1H3. The molecule has 0 radical (unpaired) electrons. The van der Waals surface area contributed by atoms with E-state index in [1.807, 2.05) is 24.3 Å². The minimum atomic E-state index is -4.24. The van der Waals surface area contributed by atoms with Crippen molar-refractivity contribution in [1.29, 1.82) is 0 Å². The van der Waals surface area contributed by atoms with Gasteiger partial charge in [0, 0.05) is 6.61 Å². The van der Waals surface area contributed by atoms with Crippen LogP contribution in [0.3, 0.4) is 0 Å². The van der Waals surface area contributed by atoms with Crippen LogP contribution in [0.5, 0.6) is 5.75 Å². The van der Waals surface area contributed by atoms with Gasteiger partial charge in [0.2, 0.25) is 0 Å². The number of halogens is 3. The predicted octanol–water partition coefficient (Wildman–Crippen LogP) is 2.80. The van der Waals surface area contributed by atoms with Crippen molar-refractivity contribution in [3.05, 3.63) is 29.8 Å². The third-order valence-electron chi connectivity index (χ3n) is 2.63. The number of benzene rings is 1. The molecule has 1 N–H and O–H groups in total. The zero-order valence-electron chi connectivity index (χ0n) is 11.5. The van der Waals surface area contributed by atoms with Gasteiger partial charge in [-0.3, -0.25) is 0 Å². The maximum Gasteiger partial charge on any atom is 0.411 e. The van der Waals surface area contributed by atoms with Crippen LogP contribution in [0.25, 0.3) is 0 Å². The highest BCUT2D eigenvalue weighted by Gasteiger charge is 2.27. The fraction of sp³-hybridized carbons (Fsp3) is 0.571. The Hall–Kier alpha value is -1.27. The molecule has 0 aliphatic heterocycles. The topological polar surface area (TPSA) is 30.5 Å². The average Bonchev–Trinajstić information content (AvgIpc) is 2.41. The monoisotopic (exact) mass is 291 g/mol. The Balaban J connectivity index is 2.02. The second-order valence-electron chi connectivity index (χ2n) is 4.37. The third-order valence-corrected chi connectivity index (χ3v) is 2.63. The highest BCUT2D eigenvalue weighted by atomic mass is 19.4. The van der Waals surface area contributed by atoms with Gasteiger partial charge in [-0.25, -0.2) is 0 Å². The summed E-state index contributed by atoms with van der Waals surface area (Å²) in [5.41, 5.74) is 1.16. The van der Waals surface area contributed by atoms with Crippen molar-refractivity contribution in [2.24, 2.45) is 0 Å². The largest absolute Gasteiger partial charge is 0.497 e. The molecule has 1 aromatic rings. The Kier molecular flexibility index (Phi) is 7.40. The number of methoxy groups -OCH3 is 1. The van der Waals surface area contributed by atoms with E-state index in [9.17, 15) is 13.2 Å². The fourth-order valence-electron chi connectivity index (χ4n) is 1.67. The smallest absolute Gasteiger partial charge is 0.411 e. The lowest BCUT2D eigenvalue weighted by Gasteiger charge is -2.08. The van der Waals surface area contributed by atoms with Crippen molar-refractivity contribution in [3.8, 4) is 5.75 Å². The molecule has 0 aliphatic carbocycles. The molecule has 0 unspecified atom stereocenters. The molecule has 0 spiro atoms. The van der Waals surface area contributed by atoms with Crippen molar-refractivity contribution in [1.82, 2.24) is 5.32 Å². The average molecular weight is 291 g/mol. The number of hydrogen-bond donors (Lipinski definition) is 1. The molecule has 0 aromatic heterocycles. The van der Waals surface area contributed by atoms with Gasteiger partial charge < -0.3 is 14.8 Å². The van der Waals surface area contributed by atoms with Gasteiger partial charge in [0.1, 0.15) is 12.4 Å². The van der Waals surface area contributed by atoms with Crippen molar-refractivity contribution >= 4 is 0 Å². The second-order valence-corrected chi connectivity index (χ2v) is 4.37. The van der Waals surface area contributed by atoms with Crippen molar-refractivity contribution in [2.45, 2.75) is 19.0 Å². The lowest BCUT2D eigenvalue weighted by atomic mass is 10.1. The number of ether oxygens (including phenoxy) is 2. The maximum atomic E-state index is 11.8. The summed E-state index contributed by atoms with van der Waals surface area (Å²) in [4.78, 5) is 0. The Labute approximate surface area is 117 Å². The minimum Gasteiger partial charge on any atom is -0.497 e. The van der Waals surface area contributed by atoms with Crippen LogP contribution in [-0.2, 0) is 11.2 Å². The molecule has 0 heterocycles. The molecule has 0 saturated carbocycles. The van der Waals surface area contributed by atoms with Crippen LogP contribution in [0.2, 0.25) is 0 Å². The van der Waals surface area contributed by atoms with Gasteiger partial charge in [-0.15, -0.1) is 0 Å². The van der Waals surface area contributed by atoms with E-state index >= 15 is 0 Å². The van der Waals surface area contributed by atoms with E-state index in [2.05, 4.69) is 10.1 Å². The van der Waals surface area contributed by atoms with E-state index in [1.54, 1.807) is 7.11 Å². The number of rotatable bonds is 9. The SMILES string of the molecule is COc1cccc(CCNCCCOCC(F)(F)F)c1. The van der Waals surface area contributed by atoms with Crippen molar-refractivity contribution in [2.75, 3.05) is 33.4 Å². The first-order chi connectivity index (χ1) is 9.51. The van der Waals surface area contributed by atoms with Gasteiger partial charge in [0.05, 0.1) is 7.11 Å². The Morgan fingerprint density at radius 1 is 1.20 bits per heavy atom. The number of nitrogens with one attached hydrogen (secondary N) is 1. The molecule has 114 valence electrons. The Morgan fingerprint density at radius 3 is 2.70 bits per heavy atom. The molecule has 0 atom stereocenters. The Morgan fingerprint density at radius 2 is 2.00 bits per heavy atom. The zero-order chi connectivity index (χ0) is 14.8. The molecule has 1 rings (SSSR count). The van der Waals surface area contributed by atoms with Gasteiger partial charge >= 0.3 is 6.18 Å². The summed E-state index contributed by atoms with van der Waals surface area (Å²) in [6, 6.07) is 7.79. The summed E-state index contributed by atoms with van der Waals surface area (Å²) < 4.78 is 45.0. The highest BCUT2D eigenvalue weighted by Crippen LogP contribution is 2.14. The molecule has 0 amide bonds. The fourth-order valence-corrected chi connectivity index (χ4v) is 1.67. The van der Waals surface area contributed by atoms with Crippen LogP contribution in [0.4, 0.5) is 13.2 Å².